The van der Waals surface area contributed by atoms with Crippen molar-refractivity contribution in [3.63, 3.8) is 0 Å². The number of allylic oxidation sites excluding steroid dienone is 3. The number of pyridine rings is 2. The van der Waals surface area contributed by atoms with Crippen molar-refractivity contribution in [2.75, 3.05) is 4.72 Å². The predicted octanol–water partition coefficient (Wildman–Crippen LogP) is 7.84. The molecule has 182 valence electrons. The van der Waals surface area contributed by atoms with Crippen LogP contribution in [0.25, 0.3) is 27.6 Å². The van der Waals surface area contributed by atoms with Crippen LogP contribution >= 0.6 is 10.7 Å². The molecule has 0 saturated carbocycles. The molecule has 0 fully saturated rings. The zero-order valence-electron chi connectivity index (χ0n) is 20.1. The van der Waals surface area contributed by atoms with Crippen LogP contribution in [0.1, 0.15) is 25.1 Å². The Bertz CT molecular complexity index is 1530. The molecular weight excluding hydrogens is 474 g/mol. The molecule has 0 aliphatic rings. The van der Waals surface area contributed by atoms with E-state index in [9.17, 15) is 8.78 Å². The Morgan fingerprint density at radius 3 is 2.64 bits per heavy atom. The van der Waals surface area contributed by atoms with E-state index in [-0.39, 0.29) is 0 Å². The van der Waals surface area contributed by atoms with E-state index in [2.05, 4.69) is 38.3 Å². The first-order valence-corrected chi connectivity index (χ1v) is 12.8. The minimum atomic E-state index is -0.941. The van der Waals surface area contributed by atoms with Gasteiger partial charge in [0.2, 0.25) is 0 Å². The van der Waals surface area contributed by atoms with Crippen LogP contribution in [0.2, 0.25) is 0 Å². The quantitative estimate of drug-likeness (QED) is 0.152. The van der Waals surface area contributed by atoms with Crippen LogP contribution in [0.3, 0.4) is 0 Å². The van der Waals surface area contributed by atoms with Crippen LogP contribution in [0.5, 0.6) is 0 Å². The molecule has 2 heterocycles. The predicted molar refractivity (Wildman–Crippen MR) is 150 cm³/mol. The number of benzene rings is 2. The van der Waals surface area contributed by atoms with Gasteiger partial charge in [-0.1, -0.05) is 41.7 Å². The first-order chi connectivity index (χ1) is 17.4. The fourth-order valence-electron chi connectivity index (χ4n) is 3.94. The third kappa shape index (κ3) is 5.31. The van der Waals surface area contributed by atoms with Gasteiger partial charge in [0, 0.05) is 41.2 Å². The second kappa shape index (κ2) is 11.2. The highest BCUT2D eigenvalue weighted by atomic mass is 32.2. The largest absolute Gasteiger partial charge is 0.330 e. The van der Waals surface area contributed by atoms with Crippen molar-refractivity contribution >= 4 is 45.4 Å². The molecule has 4 nitrogen and oxygen atoms in total. The molecule has 0 spiro atoms. The van der Waals surface area contributed by atoms with Gasteiger partial charge in [-0.3, -0.25) is 15.0 Å². The molecule has 0 saturated heterocycles. The van der Waals surface area contributed by atoms with E-state index in [0.717, 1.165) is 50.6 Å². The summed E-state index contributed by atoms with van der Waals surface area (Å²) in [5.41, 5.74) is 6.23. The highest BCUT2D eigenvalue weighted by molar-refractivity contribution is 8.15. The maximum absolute atomic E-state index is 14.3. The molecule has 0 aliphatic heterocycles. The molecule has 4 rings (SSSR count). The average Bonchev–Trinajstić information content (AvgIpc) is 2.87. The minimum Gasteiger partial charge on any atom is -0.330 e. The number of nitrogens with one attached hydrogen (secondary N) is 1. The van der Waals surface area contributed by atoms with Crippen molar-refractivity contribution in [2.45, 2.75) is 25.2 Å². The summed E-state index contributed by atoms with van der Waals surface area (Å²) in [6.07, 6.45) is 9.96. The zero-order chi connectivity index (χ0) is 25.7. The van der Waals surface area contributed by atoms with Crippen LogP contribution in [-0.4, -0.2) is 22.6 Å². The number of aliphatic imine (C=N–C) groups is 1. The Hall–Kier alpha value is -3.97. The summed E-state index contributed by atoms with van der Waals surface area (Å²) in [7, 11) is -0.941. The Morgan fingerprint density at radius 1 is 1.08 bits per heavy atom. The fourth-order valence-corrected chi connectivity index (χ4v) is 5.02. The number of hydrogen-bond acceptors (Lipinski definition) is 4. The van der Waals surface area contributed by atoms with Crippen LogP contribution in [0, 0.1) is 11.6 Å². The van der Waals surface area contributed by atoms with E-state index >= 15 is 0 Å². The highest BCUT2D eigenvalue weighted by Gasteiger charge is 2.12. The monoisotopic (exact) mass is 500 g/mol. The Kier molecular flexibility index (Phi) is 7.80. The zero-order valence-corrected chi connectivity index (χ0v) is 20.9. The molecular formula is C29H26F2N4S. The van der Waals surface area contributed by atoms with Crippen molar-refractivity contribution in [1.82, 2.24) is 9.97 Å². The Labute approximate surface area is 212 Å². The molecule has 36 heavy (non-hydrogen) atoms. The molecule has 0 radical (unpaired) electrons. The van der Waals surface area contributed by atoms with Crippen molar-refractivity contribution in [1.29, 1.82) is 0 Å². The number of aryl methyl sites for hydroxylation is 1. The second-order valence-corrected chi connectivity index (χ2v) is 9.42. The van der Waals surface area contributed by atoms with Crippen molar-refractivity contribution in [3.05, 3.63) is 102 Å². The minimum absolute atomic E-state index is 0.310. The summed E-state index contributed by atoms with van der Waals surface area (Å²) in [5.74, 6) is 2.82. The summed E-state index contributed by atoms with van der Waals surface area (Å²) >= 11 is 0. The van der Waals surface area contributed by atoms with Crippen molar-refractivity contribution < 1.29 is 8.78 Å². The number of fused-ring (bicyclic) bond motifs is 1. The summed E-state index contributed by atoms with van der Waals surface area (Å²) in [6, 6.07) is 13.5. The molecule has 2 aromatic carbocycles. The molecule has 7 heteroatoms. The van der Waals surface area contributed by atoms with Gasteiger partial charge in [-0.25, -0.2) is 8.78 Å². The van der Waals surface area contributed by atoms with Crippen LogP contribution in [-0.2, 0) is 6.42 Å². The van der Waals surface area contributed by atoms with Crippen LogP contribution < -0.4 is 4.72 Å². The number of anilines is 1. The number of rotatable bonds is 8. The normalized spacial score (nSPS) is 12.7. The molecule has 4 aromatic rings. The highest BCUT2D eigenvalue weighted by Crippen LogP contribution is 2.34. The lowest BCUT2D eigenvalue weighted by Gasteiger charge is -2.16. The van der Waals surface area contributed by atoms with E-state index in [1.807, 2.05) is 56.5 Å². The maximum Gasteiger partial charge on any atom is 0.140 e. The Balaban J connectivity index is 1.77. The molecule has 1 unspecified atom stereocenters. The number of halogens is 2. The number of aromatic nitrogens is 2. The third-order valence-corrected chi connectivity index (χ3v) is 6.99. The van der Waals surface area contributed by atoms with Crippen LogP contribution in [0.4, 0.5) is 14.5 Å². The lowest BCUT2D eigenvalue weighted by Crippen LogP contribution is -2.00. The SMILES string of the molecule is C=N/C=C(\C=C/C)c1ccnc2ccc(-c3cnc(CC)c(NS(=C)c4ccc(F)cc4F)c3)cc12. The molecule has 1 atom stereocenters. The van der Waals surface area contributed by atoms with E-state index in [0.29, 0.717) is 11.3 Å². The van der Waals surface area contributed by atoms with Crippen LogP contribution in [0.15, 0.2) is 89.2 Å². The van der Waals surface area contributed by atoms with Gasteiger partial charge in [0.1, 0.15) is 11.6 Å². The lowest BCUT2D eigenvalue weighted by molar-refractivity contribution is 0.566. The summed E-state index contributed by atoms with van der Waals surface area (Å²) in [6.45, 7) is 7.55. The molecule has 0 amide bonds. The summed E-state index contributed by atoms with van der Waals surface area (Å²) in [5, 5.41) is 0.974. The van der Waals surface area contributed by atoms with E-state index in [1.54, 1.807) is 12.4 Å². The standard InChI is InChI=1S/C29H26F2N4S/c1-5-7-20(17-32-3)23-12-13-33-27-10-8-19(14-24(23)27)21-15-28(26(6-2)34-18-21)35-36(4)29-11-9-22(30)16-25(29)31/h5,7-18,35H,3-4,6H2,1-2H3/b7-5-,20-17+. The molecule has 2 aromatic heterocycles. The van der Waals surface area contributed by atoms with E-state index < -0.39 is 22.3 Å². The molecule has 1 N–H and O–H groups in total. The third-order valence-electron chi connectivity index (χ3n) is 5.66. The van der Waals surface area contributed by atoms with Gasteiger partial charge in [0.25, 0.3) is 0 Å². The van der Waals surface area contributed by atoms with Gasteiger partial charge in [-0.05, 0) is 67.6 Å². The number of nitrogens with zero attached hydrogens (tertiary/aromatic N) is 3. The topological polar surface area (TPSA) is 50.2 Å². The van der Waals surface area contributed by atoms with Gasteiger partial charge < -0.3 is 4.72 Å². The summed E-state index contributed by atoms with van der Waals surface area (Å²) in [4.78, 5) is 13.4. The second-order valence-electron chi connectivity index (χ2n) is 8.00. The average molecular weight is 501 g/mol. The van der Waals surface area contributed by atoms with Gasteiger partial charge in [-0.15, -0.1) is 0 Å². The number of hydrogen-bond donors (Lipinski definition) is 1. The van der Waals surface area contributed by atoms with Gasteiger partial charge in [0.15, 0.2) is 0 Å². The van der Waals surface area contributed by atoms with Gasteiger partial charge in [0.05, 0.1) is 21.8 Å². The smallest absolute Gasteiger partial charge is 0.140 e. The van der Waals surface area contributed by atoms with E-state index in [4.69, 9.17) is 0 Å². The Morgan fingerprint density at radius 2 is 1.92 bits per heavy atom. The van der Waals surface area contributed by atoms with Crippen molar-refractivity contribution in [2.24, 2.45) is 4.99 Å². The first-order valence-electron chi connectivity index (χ1n) is 11.4. The first kappa shape index (κ1) is 25.1. The van der Waals surface area contributed by atoms with Crippen molar-refractivity contribution in [3.8, 4) is 11.1 Å². The van der Waals surface area contributed by atoms with Gasteiger partial charge in [-0.2, -0.15) is 0 Å². The summed E-state index contributed by atoms with van der Waals surface area (Å²) < 4.78 is 31.0. The maximum atomic E-state index is 14.3. The molecule has 0 bridgehead atoms. The van der Waals surface area contributed by atoms with Gasteiger partial charge >= 0.3 is 0 Å². The van der Waals surface area contributed by atoms with E-state index in [1.165, 1.54) is 12.1 Å². The fraction of sp³-hybridized carbons (Fsp3) is 0.103. The molecule has 0 aliphatic carbocycles. The lowest BCUT2D eigenvalue weighted by atomic mass is 9.97.